The third-order valence-electron chi connectivity index (χ3n) is 7.50. The summed E-state index contributed by atoms with van der Waals surface area (Å²) in [5, 5.41) is 0. The third kappa shape index (κ3) is 7.07. The Hall–Kier alpha value is -3.56. The van der Waals surface area contributed by atoms with E-state index in [0.29, 0.717) is 26.4 Å². The number of methoxy groups -OCH3 is 1. The minimum absolute atomic E-state index is 0.323. The van der Waals surface area contributed by atoms with E-state index in [9.17, 15) is 0 Å². The van der Waals surface area contributed by atoms with Gasteiger partial charge in [-0.1, -0.05) is 103 Å². The molecule has 0 aromatic heterocycles. The number of ether oxygens (including phenoxy) is 7. The molecule has 7 nitrogen and oxygen atoms in total. The van der Waals surface area contributed by atoms with Crippen molar-refractivity contribution in [3.8, 4) is 5.75 Å². The quantitative estimate of drug-likeness (QED) is 0.213. The van der Waals surface area contributed by atoms with Gasteiger partial charge in [-0.2, -0.15) is 0 Å². The average molecular weight is 569 g/mol. The summed E-state index contributed by atoms with van der Waals surface area (Å²) in [6, 6.07) is 37.9. The zero-order valence-electron chi connectivity index (χ0n) is 23.6. The highest BCUT2D eigenvalue weighted by molar-refractivity contribution is 5.28. The molecule has 2 aliphatic rings. The van der Waals surface area contributed by atoms with Crippen LogP contribution in [0.3, 0.4) is 0 Å². The van der Waals surface area contributed by atoms with Crippen molar-refractivity contribution in [2.75, 3.05) is 13.7 Å². The van der Waals surface area contributed by atoms with Crippen LogP contribution in [0.2, 0.25) is 0 Å². The molecule has 2 heterocycles. The number of hydrogen-bond donors (Lipinski definition) is 0. The fourth-order valence-electron chi connectivity index (χ4n) is 5.26. The van der Waals surface area contributed by atoms with Crippen LogP contribution in [0, 0.1) is 0 Å². The van der Waals surface area contributed by atoms with Gasteiger partial charge in [-0.15, -0.1) is 0 Å². The van der Waals surface area contributed by atoms with Crippen LogP contribution in [0.15, 0.2) is 115 Å². The molecular formula is C35H36O7. The molecule has 7 heteroatoms. The minimum atomic E-state index is -0.694. The second-order valence-corrected chi connectivity index (χ2v) is 10.4. The Morgan fingerprint density at radius 1 is 0.595 bits per heavy atom. The molecule has 6 rings (SSSR count). The topological polar surface area (TPSA) is 64.6 Å². The van der Waals surface area contributed by atoms with Crippen molar-refractivity contribution in [3.63, 3.8) is 0 Å². The molecule has 2 fully saturated rings. The Kier molecular flexibility index (Phi) is 9.57. The molecule has 4 aromatic carbocycles. The first-order valence-electron chi connectivity index (χ1n) is 14.3. The summed E-state index contributed by atoms with van der Waals surface area (Å²) in [5.41, 5.74) is 4.04. The van der Waals surface area contributed by atoms with E-state index < -0.39 is 37.0 Å². The standard InChI is InChI=1S/C35H36O7/c1-36-29-19-17-28(18-20-29)34-40-24-30-31(42-34)32(37-21-25-11-5-2-6-12-25)33(38-22-26-13-7-3-8-14-26)35(41-30)39-23-27-15-9-4-10-16-27/h2-20,30-35H,21-24H2,1H3/t30?,31-,32+,33?,34?,35+/m0/s1. The summed E-state index contributed by atoms with van der Waals surface area (Å²) in [5.74, 6) is 0.769. The van der Waals surface area contributed by atoms with Gasteiger partial charge in [0.15, 0.2) is 12.6 Å². The fourth-order valence-corrected chi connectivity index (χ4v) is 5.26. The highest BCUT2D eigenvalue weighted by Gasteiger charge is 2.52. The van der Waals surface area contributed by atoms with Crippen molar-refractivity contribution < 1.29 is 33.2 Å². The van der Waals surface area contributed by atoms with Gasteiger partial charge in [-0.05, 0) is 28.8 Å². The molecular weight excluding hydrogens is 532 g/mol. The predicted octanol–water partition coefficient (Wildman–Crippen LogP) is 6.22. The molecule has 0 N–H and O–H groups in total. The van der Waals surface area contributed by atoms with Crippen LogP contribution in [-0.4, -0.2) is 44.4 Å². The number of benzene rings is 4. The van der Waals surface area contributed by atoms with Gasteiger partial charge in [-0.25, -0.2) is 0 Å². The monoisotopic (exact) mass is 568 g/mol. The second-order valence-electron chi connectivity index (χ2n) is 10.4. The van der Waals surface area contributed by atoms with Gasteiger partial charge in [0.25, 0.3) is 0 Å². The van der Waals surface area contributed by atoms with Gasteiger partial charge in [0, 0.05) is 5.56 Å². The van der Waals surface area contributed by atoms with E-state index in [2.05, 4.69) is 0 Å². The first kappa shape index (κ1) is 28.6. The first-order chi connectivity index (χ1) is 20.8. The van der Waals surface area contributed by atoms with E-state index in [0.717, 1.165) is 28.0 Å². The van der Waals surface area contributed by atoms with Gasteiger partial charge in [0.05, 0.1) is 33.5 Å². The van der Waals surface area contributed by atoms with Crippen molar-refractivity contribution in [3.05, 3.63) is 138 Å². The van der Waals surface area contributed by atoms with Crippen molar-refractivity contribution in [2.45, 2.75) is 56.8 Å². The Morgan fingerprint density at radius 3 is 1.67 bits per heavy atom. The van der Waals surface area contributed by atoms with Gasteiger partial charge >= 0.3 is 0 Å². The zero-order chi connectivity index (χ0) is 28.6. The molecule has 42 heavy (non-hydrogen) atoms. The highest BCUT2D eigenvalue weighted by atomic mass is 16.8. The SMILES string of the molecule is COc1ccc(C2OCC3O[C@@H](OCc4ccccc4)C(OCc4ccccc4)[C@H](OCc4ccccc4)[C@H]3O2)cc1. The molecule has 2 saturated heterocycles. The Labute approximate surface area is 246 Å². The summed E-state index contributed by atoms with van der Waals surface area (Å²) in [6.45, 7) is 1.46. The van der Waals surface area contributed by atoms with Crippen LogP contribution in [0.1, 0.15) is 28.5 Å². The molecule has 218 valence electrons. The van der Waals surface area contributed by atoms with Gasteiger partial charge in [-0.3, -0.25) is 0 Å². The molecule has 0 spiro atoms. The number of fused-ring (bicyclic) bond motifs is 1. The lowest BCUT2D eigenvalue weighted by Crippen LogP contribution is -2.63. The molecule has 3 unspecified atom stereocenters. The van der Waals surface area contributed by atoms with Crippen LogP contribution < -0.4 is 4.74 Å². The molecule has 2 aliphatic heterocycles. The molecule has 4 aromatic rings. The van der Waals surface area contributed by atoms with Gasteiger partial charge < -0.3 is 33.2 Å². The van der Waals surface area contributed by atoms with E-state index in [-0.39, 0.29) is 0 Å². The highest BCUT2D eigenvalue weighted by Crippen LogP contribution is 2.38. The van der Waals surface area contributed by atoms with Crippen LogP contribution in [0.25, 0.3) is 0 Å². The summed E-state index contributed by atoms with van der Waals surface area (Å²) in [4.78, 5) is 0. The van der Waals surface area contributed by atoms with Crippen molar-refractivity contribution in [2.24, 2.45) is 0 Å². The van der Waals surface area contributed by atoms with E-state index in [1.807, 2.05) is 115 Å². The summed E-state index contributed by atoms with van der Waals surface area (Å²) in [7, 11) is 1.65. The second kappa shape index (κ2) is 14.1. The molecule has 6 atom stereocenters. The van der Waals surface area contributed by atoms with E-state index in [1.165, 1.54) is 0 Å². The largest absolute Gasteiger partial charge is 0.497 e. The van der Waals surface area contributed by atoms with Crippen LogP contribution in [0.4, 0.5) is 0 Å². The van der Waals surface area contributed by atoms with Gasteiger partial charge in [0.2, 0.25) is 0 Å². The summed E-state index contributed by atoms with van der Waals surface area (Å²) >= 11 is 0. The van der Waals surface area contributed by atoms with Crippen molar-refractivity contribution >= 4 is 0 Å². The smallest absolute Gasteiger partial charge is 0.187 e. The summed E-state index contributed by atoms with van der Waals surface area (Å²) in [6.07, 6.45) is -3.18. The average Bonchev–Trinajstić information content (AvgIpc) is 3.06. The van der Waals surface area contributed by atoms with Crippen molar-refractivity contribution in [1.29, 1.82) is 0 Å². The number of rotatable bonds is 11. The van der Waals surface area contributed by atoms with E-state index in [4.69, 9.17) is 33.2 Å². The lowest BCUT2D eigenvalue weighted by molar-refractivity contribution is -0.374. The minimum Gasteiger partial charge on any atom is -0.497 e. The van der Waals surface area contributed by atoms with E-state index >= 15 is 0 Å². The number of hydrogen-bond acceptors (Lipinski definition) is 7. The van der Waals surface area contributed by atoms with Crippen molar-refractivity contribution in [1.82, 2.24) is 0 Å². The molecule has 0 aliphatic carbocycles. The first-order valence-corrected chi connectivity index (χ1v) is 14.3. The molecule has 0 amide bonds. The Morgan fingerprint density at radius 2 is 1.12 bits per heavy atom. The fraction of sp³-hybridized carbons (Fsp3) is 0.314. The van der Waals surface area contributed by atoms with Crippen LogP contribution >= 0.6 is 0 Å². The summed E-state index contributed by atoms with van der Waals surface area (Å²) < 4.78 is 44.2. The lowest BCUT2D eigenvalue weighted by Gasteiger charge is -2.49. The van der Waals surface area contributed by atoms with E-state index in [1.54, 1.807) is 7.11 Å². The maximum Gasteiger partial charge on any atom is 0.187 e. The maximum absolute atomic E-state index is 6.66. The predicted molar refractivity (Wildman–Crippen MR) is 156 cm³/mol. The normalized spacial score (nSPS) is 25.5. The lowest BCUT2D eigenvalue weighted by atomic mass is 9.97. The van der Waals surface area contributed by atoms with Crippen LogP contribution in [0.5, 0.6) is 5.75 Å². The zero-order valence-corrected chi connectivity index (χ0v) is 23.6. The molecule has 0 bridgehead atoms. The van der Waals surface area contributed by atoms with Crippen LogP contribution in [-0.2, 0) is 48.2 Å². The van der Waals surface area contributed by atoms with Gasteiger partial charge in [0.1, 0.15) is 30.2 Å². The molecule has 0 saturated carbocycles. The molecule has 0 radical (unpaired) electrons. The Balaban J connectivity index is 1.27. The third-order valence-corrected chi connectivity index (χ3v) is 7.50. The maximum atomic E-state index is 6.66. The Bertz CT molecular complexity index is 1350.